The van der Waals surface area contributed by atoms with Gasteiger partial charge in [0.1, 0.15) is 22.8 Å². The largest absolute Gasteiger partial charge is 0.507 e. The number of ether oxygens (including phenoxy) is 3. The maximum Gasteiger partial charge on any atom is 0.342 e. The van der Waals surface area contributed by atoms with Gasteiger partial charge in [-0.2, -0.15) is 0 Å². The van der Waals surface area contributed by atoms with Gasteiger partial charge in [-0.3, -0.25) is 4.79 Å². The number of nitrogens with one attached hydrogen (secondary N) is 1. The molecule has 0 aliphatic rings. The zero-order valence-electron chi connectivity index (χ0n) is 13.5. The zero-order valence-corrected chi connectivity index (χ0v) is 15.7. The Balaban J connectivity index is 1.99. The predicted octanol–water partition coefficient (Wildman–Crippen LogP) is 2.81. The van der Waals surface area contributed by atoms with Crippen LogP contribution in [0.25, 0.3) is 0 Å². The van der Waals surface area contributed by atoms with Gasteiger partial charge < -0.3 is 24.6 Å². The van der Waals surface area contributed by atoms with Crippen molar-refractivity contribution in [2.24, 2.45) is 0 Å². The molecule has 0 radical (unpaired) electrons. The van der Waals surface area contributed by atoms with Gasteiger partial charge in [0.25, 0.3) is 5.91 Å². The summed E-state index contributed by atoms with van der Waals surface area (Å²) in [4.78, 5) is 23.9. The quantitative estimate of drug-likeness (QED) is 0.512. The van der Waals surface area contributed by atoms with Crippen LogP contribution in [0.15, 0.2) is 36.4 Å². The number of methoxy groups -OCH3 is 2. The van der Waals surface area contributed by atoms with E-state index in [9.17, 15) is 14.7 Å². The van der Waals surface area contributed by atoms with E-state index in [-0.39, 0.29) is 11.3 Å². The van der Waals surface area contributed by atoms with E-state index in [4.69, 9.17) is 14.2 Å². The van der Waals surface area contributed by atoms with Crippen LogP contribution in [0, 0.1) is 3.57 Å². The zero-order chi connectivity index (χ0) is 18.4. The summed E-state index contributed by atoms with van der Waals surface area (Å²) >= 11 is 2.00. The van der Waals surface area contributed by atoms with Gasteiger partial charge in [0.05, 0.1) is 14.2 Å². The first-order valence-electron chi connectivity index (χ1n) is 7.11. The summed E-state index contributed by atoms with van der Waals surface area (Å²) in [6.07, 6.45) is 0. The number of benzene rings is 2. The Labute approximate surface area is 158 Å². The maximum absolute atomic E-state index is 12.0. The smallest absolute Gasteiger partial charge is 0.342 e. The fourth-order valence-electron chi connectivity index (χ4n) is 1.96. The van der Waals surface area contributed by atoms with Crippen LogP contribution in [-0.4, -0.2) is 37.8 Å². The lowest BCUT2D eigenvalue weighted by Crippen LogP contribution is -2.21. The van der Waals surface area contributed by atoms with Crippen LogP contribution in [0.5, 0.6) is 17.2 Å². The Bertz CT molecular complexity index is 770. The van der Waals surface area contributed by atoms with Gasteiger partial charge in [-0.15, -0.1) is 0 Å². The standard InChI is InChI=1S/C17H16INO6/c1-23-12-6-11(7-13(8-12)24-2)19-16(21)9-25-17(22)14-5-10(18)3-4-15(14)20/h3-8,20H,9H2,1-2H3,(H,19,21). The molecule has 2 aromatic rings. The Hall–Kier alpha value is -2.49. The number of phenols is 1. The Kier molecular flexibility index (Phi) is 6.45. The monoisotopic (exact) mass is 457 g/mol. The van der Waals surface area contributed by atoms with Crippen molar-refractivity contribution in [3.8, 4) is 17.2 Å². The molecule has 0 aromatic heterocycles. The third-order valence-electron chi connectivity index (χ3n) is 3.15. The minimum Gasteiger partial charge on any atom is -0.507 e. The fraction of sp³-hybridized carbons (Fsp3) is 0.176. The lowest BCUT2D eigenvalue weighted by Gasteiger charge is -2.10. The topological polar surface area (TPSA) is 94.1 Å². The number of carbonyl (C=O) groups excluding carboxylic acids is 2. The molecule has 0 spiro atoms. The average Bonchev–Trinajstić information content (AvgIpc) is 2.61. The summed E-state index contributed by atoms with van der Waals surface area (Å²) in [6, 6.07) is 9.39. The van der Waals surface area contributed by atoms with Gasteiger partial charge in [0.2, 0.25) is 0 Å². The second-order valence-electron chi connectivity index (χ2n) is 4.89. The molecule has 25 heavy (non-hydrogen) atoms. The van der Waals surface area contributed by atoms with E-state index in [0.717, 1.165) is 3.57 Å². The van der Waals surface area contributed by atoms with E-state index in [1.54, 1.807) is 24.3 Å². The van der Waals surface area contributed by atoms with Crippen molar-refractivity contribution in [1.29, 1.82) is 0 Å². The van der Waals surface area contributed by atoms with Crippen molar-refractivity contribution in [3.05, 3.63) is 45.5 Å². The van der Waals surface area contributed by atoms with Crippen LogP contribution < -0.4 is 14.8 Å². The number of phenolic OH excluding ortho intramolecular Hbond substituents is 1. The molecule has 0 aliphatic carbocycles. The van der Waals surface area contributed by atoms with E-state index in [0.29, 0.717) is 17.2 Å². The molecule has 2 aromatic carbocycles. The van der Waals surface area contributed by atoms with Crippen LogP contribution in [0.2, 0.25) is 0 Å². The van der Waals surface area contributed by atoms with Crippen LogP contribution in [-0.2, 0) is 9.53 Å². The Morgan fingerprint density at radius 2 is 1.72 bits per heavy atom. The number of anilines is 1. The van der Waals surface area contributed by atoms with Crippen molar-refractivity contribution in [2.75, 3.05) is 26.1 Å². The summed E-state index contributed by atoms with van der Waals surface area (Å²) in [5.74, 6) is -0.502. The highest BCUT2D eigenvalue weighted by Gasteiger charge is 2.15. The lowest BCUT2D eigenvalue weighted by atomic mass is 10.2. The van der Waals surface area contributed by atoms with E-state index in [2.05, 4.69) is 5.32 Å². The number of rotatable bonds is 6. The average molecular weight is 457 g/mol. The SMILES string of the molecule is COc1cc(NC(=O)COC(=O)c2cc(I)ccc2O)cc(OC)c1. The first-order chi connectivity index (χ1) is 11.9. The van der Waals surface area contributed by atoms with E-state index >= 15 is 0 Å². The van der Waals surface area contributed by atoms with Gasteiger partial charge >= 0.3 is 5.97 Å². The second kappa shape index (κ2) is 8.56. The van der Waals surface area contributed by atoms with Crippen LogP contribution in [0.1, 0.15) is 10.4 Å². The van der Waals surface area contributed by atoms with Gasteiger partial charge in [-0.05, 0) is 40.8 Å². The molecule has 2 rings (SSSR count). The molecule has 7 nitrogen and oxygen atoms in total. The first-order valence-corrected chi connectivity index (χ1v) is 8.19. The molecule has 0 saturated heterocycles. The van der Waals surface area contributed by atoms with Gasteiger partial charge in [0, 0.05) is 27.5 Å². The summed E-state index contributed by atoms with van der Waals surface area (Å²) in [5.41, 5.74) is 0.442. The van der Waals surface area contributed by atoms with E-state index in [1.165, 1.54) is 26.4 Å². The number of hydrogen-bond acceptors (Lipinski definition) is 6. The molecule has 0 unspecified atom stereocenters. The molecule has 0 saturated carbocycles. The van der Waals surface area contributed by atoms with Gasteiger partial charge in [-0.1, -0.05) is 0 Å². The van der Waals surface area contributed by atoms with Crippen molar-refractivity contribution in [3.63, 3.8) is 0 Å². The highest BCUT2D eigenvalue weighted by atomic mass is 127. The third kappa shape index (κ3) is 5.24. The molecule has 0 fully saturated rings. The second-order valence-corrected chi connectivity index (χ2v) is 6.13. The Morgan fingerprint density at radius 1 is 1.08 bits per heavy atom. The summed E-state index contributed by atoms with van der Waals surface area (Å²) in [7, 11) is 2.99. The number of halogens is 1. The molecule has 0 bridgehead atoms. The maximum atomic E-state index is 12.0. The van der Waals surface area contributed by atoms with Crippen molar-refractivity contribution in [2.45, 2.75) is 0 Å². The third-order valence-corrected chi connectivity index (χ3v) is 3.82. The Morgan fingerprint density at radius 3 is 2.32 bits per heavy atom. The molecule has 0 atom stereocenters. The normalized spacial score (nSPS) is 10.0. The van der Waals surface area contributed by atoms with Crippen molar-refractivity contribution in [1.82, 2.24) is 0 Å². The number of esters is 1. The van der Waals surface area contributed by atoms with E-state index < -0.39 is 18.5 Å². The molecular formula is C17H16INO6. The number of carbonyl (C=O) groups is 2. The predicted molar refractivity (Wildman–Crippen MR) is 99.3 cm³/mol. The number of aromatic hydroxyl groups is 1. The number of amides is 1. The highest BCUT2D eigenvalue weighted by Crippen LogP contribution is 2.25. The van der Waals surface area contributed by atoms with Crippen molar-refractivity contribution >= 4 is 40.2 Å². The summed E-state index contributed by atoms with van der Waals surface area (Å²) in [6.45, 7) is -0.497. The van der Waals surface area contributed by atoms with Crippen molar-refractivity contribution < 1.29 is 28.9 Å². The molecular weight excluding hydrogens is 441 g/mol. The van der Waals surface area contributed by atoms with Crippen LogP contribution in [0.3, 0.4) is 0 Å². The molecule has 0 aliphatic heterocycles. The first kappa shape index (κ1) is 18.8. The minimum atomic E-state index is -0.783. The molecule has 132 valence electrons. The molecule has 8 heteroatoms. The molecule has 1 amide bonds. The van der Waals surface area contributed by atoms with Gasteiger partial charge in [-0.25, -0.2) is 4.79 Å². The summed E-state index contributed by atoms with van der Waals surface area (Å²) in [5, 5.41) is 12.3. The van der Waals surface area contributed by atoms with E-state index in [1.807, 2.05) is 22.6 Å². The highest BCUT2D eigenvalue weighted by molar-refractivity contribution is 14.1. The van der Waals surface area contributed by atoms with Crippen LogP contribution in [0.4, 0.5) is 5.69 Å². The molecule has 2 N–H and O–H groups in total. The summed E-state index contributed by atoms with van der Waals surface area (Å²) < 4.78 is 15.9. The number of hydrogen-bond donors (Lipinski definition) is 2. The lowest BCUT2D eigenvalue weighted by molar-refractivity contribution is -0.119. The minimum absolute atomic E-state index is 0.00255. The molecule has 0 heterocycles. The van der Waals surface area contributed by atoms with Gasteiger partial charge in [0.15, 0.2) is 6.61 Å². The fourth-order valence-corrected chi connectivity index (χ4v) is 2.45. The van der Waals surface area contributed by atoms with Crippen LogP contribution >= 0.6 is 22.6 Å².